The Balaban J connectivity index is 2.51. The highest BCUT2D eigenvalue weighted by Gasteiger charge is 2.20. The van der Waals surface area contributed by atoms with Crippen LogP contribution in [0.1, 0.15) is 20.8 Å². The second kappa shape index (κ2) is 7.37. The number of carboxylic acid groups (broad SMARTS) is 1. The van der Waals surface area contributed by atoms with Crippen LogP contribution < -0.4 is 15.4 Å². The molecule has 6 nitrogen and oxygen atoms in total. The number of benzene rings is 1. The zero-order chi connectivity index (χ0) is 15.1. The zero-order valence-electron chi connectivity index (χ0n) is 11.8. The van der Waals surface area contributed by atoms with Gasteiger partial charge in [0, 0.05) is 11.7 Å². The molecule has 0 aliphatic rings. The van der Waals surface area contributed by atoms with Crippen molar-refractivity contribution in [2.45, 2.75) is 26.8 Å². The summed E-state index contributed by atoms with van der Waals surface area (Å²) in [4.78, 5) is 22.5. The Kier molecular flexibility index (Phi) is 5.83. The van der Waals surface area contributed by atoms with Crippen LogP contribution in [-0.2, 0) is 4.79 Å². The smallest absolute Gasteiger partial charge is 0.319 e. The molecule has 1 aromatic carbocycles. The summed E-state index contributed by atoms with van der Waals surface area (Å²) >= 11 is 0. The van der Waals surface area contributed by atoms with E-state index in [0.717, 1.165) is 5.75 Å². The van der Waals surface area contributed by atoms with Gasteiger partial charge in [0.2, 0.25) is 0 Å². The van der Waals surface area contributed by atoms with Crippen LogP contribution in [0.25, 0.3) is 0 Å². The number of hydrogen-bond acceptors (Lipinski definition) is 3. The van der Waals surface area contributed by atoms with E-state index >= 15 is 0 Å². The van der Waals surface area contributed by atoms with Gasteiger partial charge in [-0.25, -0.2) is 4.79 Å². The molecule has 2 amide bonds. The number of amides is 2. The molecule has 0 aliphatic heterocycles. The van der Waals surface area contributed by atoms with E-state index in [1.54, 1.807) is 38.1 Å². The summed E-state index contributed by atoms with van der Waals surface area (Å²) in [5.74, 6) is -0.869. The van der Waals surface area contributed by atoms with Gasteiger partial charge in [-0.3, -0.25) is 4.79 Å². The maximum absolute atomic E-state index is 11.7. The number of carbonyl (C=O) groups excluding carboxylic acids is 1. The maximum Gasteiger partial charge on any atom is 0.319 e. The summed E-state index contributed by atoms with van der Waals surface area (Å²) in [5, 5.41) is 14.1. The lowest BCUT2D eigenvalue weighted by molar-refractivity contribution is -0.141. The summed E-state index contributed by atoms with van der Waals surface area (Å²) in [6.07, 6.45) is 0. The number of carboxylic acids is 1. The molecule has 0 aliphatic carbocycles. The van der Waals surface area contributed by atoms with Crippen molar-refractivity contribution in [2.24, 2.45) is 5.92 Å². The van der Waals surface area contributed by atoms with Gasteiger partial charge in [-0.05, 0) is 45.0 Å². The Morgan fingerprint density at radius 2 is 1.85 bits per heavy atom. The molecular weight excluding hydrogens is 260 g/mol. The van der Waals surface area contributed by atoms with Crippen LogP contribution in [0.15, 0.2) is 24.3 Å². The van der Waals surface area contributed by atoms with Crippen molar-refractivity contribution in [2.75, 3.05) is 11.9 Å². The molecule has 0 saturated carbocycles. The number of carbonyl (C=O) groups is 2. The van der Waals surface area contributed by atoms with E-state index in [4.69, 9.17) is 9.84 Å². The lowest BCUT2D eigenvalue weighted by Gasteiger charge is -2.18. The van der Waals surface area contributed by atoms with Crippen molar-refractivity contribution in [1.29, 1.82) is 0 Å². The summed E-state index contributed by atoms with van der Waals surface area (Å²) in [5.41, 5.74) is 0.612. The number of anilines is 1. The number of urea groups is 1. The molecule has 0 bridgehead atoms. The second-order valence-electron chi connectivity index (χ2n) is 4.47. The highest BCUT2D eigenvalue weighted by atomic mass is 16.5. The van der Waals surface area contributed by atoms with Crippen LogP contribution in [0.2, 0.25) is 0 Å². The zero-order valence-corrected chi connectivity index (χ0v) is 11.8. The highest BCUT2D eigenvalue weighted by molar-refractivity contribution is 5.89. The van der Waals surface area contributed by atoms with Crippen LogP contribution in [0.3, 0.4) is 0 Å². The van der Waals surface area contributed by atoms with Gasteiger partial charge in [0.05, 0.1) is 12.5 Å². The molecule has 2 unspecified atom stereocenters. The molecule has 0 fully saturated rings. The third kappa shape index (κ3) is 4.79. The van der Waals surface area contributed by atoms with E-state index in [9.17, 15) is 9.59 Å². The molecule has 0 saturated heterocycles. The molecule has 3 N–H and O–H groups in total. The fraction of sp³-hybridized carbons (Fsp3) is 0.429. The average Bonchev–Trinajstić information content (AvgIpc) is 2.40. The fourth-order valence-electron chi connectivity index (χ4n) is 1.51. The summed E-state index contributed by atoms with van der Waals surface area (Å²) in [7, 11) is 0. The van der Waals surface area contributed by atoms with Crippen LogP contribution in [-0.4, -0.2) is 29.8 Å². The van der Waals surface area contributed by atoms with Crippen molar-refractivity contribution in [3.05, 3.63) is 24.3 Å². The number of ether oxygens (including phenoxy) is 1. The molecule has 20 heavy (non-hydrogen) atoms. The Morgan fingerprint density at radius 1 is 1.25 bits per heavy atom. The van der Waals surface area contributed by atoms with Crippen molar-refractivity contribution >= 4 is 17.7 Å². The van der Waals surface area contributed by atoms with E-state index in [0.29, 0.717) is 12.3 Å². The van der Waals surface area contributed by atoms with Gasteiger partial charge in [-0.1, -0.05) is 0 Å². The number of rotatable bonds is 6. The van der Waals surface area contributed by atoms with E-state index in [1.807, 2.05) is 6.92 Å². The molecular formula is C14H20N2O4. The fourth-order valence-corrected chi connectivity index (χ4v) is 1.51. The van der Waals surface area contributed by atoms with Gasteiger partial charge < -0.3 is 20.5 Å². The van der Waals surface area contributed by atoms with Crippen molar-refractivity contribution in [3.63, 3.8) is 0 Å². The maximum atomic E-state index is 11.7. The van der Waals surface area contributed by atoms with Gasteiger partial charge in [-0.15, -0.1) is 0 Å². The summed E-state index contributed by atoms with van der Waals surface area (Å²) in [6, 6.07) is 6.04. The lowest BCUT2D eigenvalue weighted by Crippen LogP contribution is -2.42. The van der Waals surface area contributed by atoms with Gasteiger partial charge >= 0.3 is 12.0 Å². The predicted octanol–water partition coefficient (Wildman–Crippen LogP) is 2.32. The van der Waals surface area contributed by atoms with E-state index in [2.05, 4.69) is 10.6 Å². The predicted molar refractivity (Wildman–Crippen MR) is 76.0 cm³/mol. The Morgan fingerprint density at radius 3 is 2.35 bits per heavy atom. The molecule has 0 aromatic heterocycles. The average molecular weight is 280 g/mol. The van der Waals surface area contributed by atoms with Crippen molar-refractivity contribution in [3.8, 4) is 5.75 Å². The van der Waals surface area contributed by atoms with E-state index in [-0.39, 0.29) is 0 Å². The molecule has 0 spiro atoms. The Labute approximate surface area is 118 Å². The van der Waals surface area contributed by atoms with Crippen molar-refractivity contribution in [1.82, 2.24) is 5.32 Å². The van der Waals surface area contributed by atoms with Crippen LogP contribution in [0.4, 0.5) is 10.5 Å². The topological polar surface area (TPSA) is 87.7 Å². The quantitative estimate of drug-likeness (QED) is 0.746. The summed E-state index contributed by atoms with van der Waals surface area (Å²) in [6.45, 7) is 5.67. The molecule has 110 valence electrons. The third-order valence-corrected chi connectivity index (χ3v) is 2.92. The highest BCUT2D eigenvalue weighted by Crippen LogP contribution is 2.15. The summed E-state index contributed by atoms with van der Waals surface area (Å²) < 4.78 is 5.29. The number of nitrogens with one attached hydrogen (secondary N) is 2. The first-order valence-electron chi connectivity index (χ1n) is 6.47. The molecule has 6 heteroatoms. The van der Waals surface area contributed by atoms with Gasteiger partial charge in [0.25, 0.3) is 0 Å². The van der Waals surface area contributed by atoms with E-state index < -0.39 is 24.0 Å². The van der Waals surface area contributed by atoms with Crippen LogP contribution >= 0.6 is 0 Å². The SMILES string of the molecule is CCOc1ccc(NC(=O)NC(C)C(C)C(=O)O)cc1. The molecule has 2 atom stereocenters. The van der Waals surface area contributed by atoms with Gasteiger partial charge in [0.1, 0.15) is 5.75 Å². The Bertz CT molecular complexity index is 459. The number of aliphatic carboxylic acids is 1. The van der Waals surface area contributed by atoms with Crippen molar-refractivity contribution < 1.29 is 19.4 Å². The molecule has 0 radical (unpaired) electrons. The molecule has 0 heterocycles. The van der Waals surface area contributed by atoms with Crippen LogP contribution in [0, 0.1) is 5.92 Å². The normalized spacial score (nSPS) is 13.2. The number of hydrogen-bond donors (Lipinski definition) is 3. The standard InChI is InChI=1S/C14H20N2O4/c1-4-20-12-7-5-11(6-8-12)16-14(19)15-10(3)9(2)13(17)18/h5-10H,4H2,1-3H3,(H,17,18)(H2,15,16,19). The first kappa shape index (κ1) is 15.8. The first-order valence-corrected chi connectivity index (χ1v) is 6.47. The third-order valence-electron chi connectivity index (χ3n) is 2.92. The molecule has 1 rings (SSSR count). The lowest BCUT2D eigenvalue weighted by atomic mass is 10.0. The Hall–Kier alpha value is -2.24. The largest absolute Gasteiger partial charge is 0.494 e. The van der Waals surface area contributed by atoms with Gasteiger partial charge in [-0.2, -0.15) is 0 Å². The minimum Gasteiger partial charge on any atom is -0.494 e. The minimum absolute atomic E-state index is 0.435. The monoisotopic (exact) mass is 280 g/mol. The van der Waals surface area contributed by atoms with Crippen LogP contribution in [0.5, 0.6) is 5.75 Å². The van der Waals surface area contributed by atoms with E-state index in [1.165, 1.54) is 0 Å². The first-order chi connectivity index (χ1) is 9.43. The second-order valence-corrected chi connectivity index (χ2v) is 4.47. The minimum atomic E-state index is -0.945. The van der Waals surface area contributed by atoms with Gasteiger partial charge in [0.15, 0.2) is 0 Å². The molecule has 1 aromatic rings.